The van der Waals surface area contributed by atoms with E-state index in [1.54, 1.807) is 0 Å². The summed E-state index contributed by atoms with van der Waals surface area (Å²) in [7, 11) is 4.01. The summed E-state index contributed by atoms with van der Waals surface area (Å²) in [5.74, 6) is 0.843. The minimum atomic E-state index is 0.779. The zero-order chi connectivity index (χ0) is 20.0. The van der Waals surface area contributed by atoms with Crippen LogP contribution < -0.4 is 10.6 Å². The van der Waals surface area contributed by atoms with Gasteiger partial charge in [-0.15, -0.1) is 0 Å². The van der Waals surface area contributed by atoms with Gasteiger partial charge < -0.3 is 20.3 Å². The Morgan fingerprint density at radius 3 is 2.36 bits per heavy atom. The van der Waals surface area contributed by atoms with Crippen LogP contribution in [-0.2, 0) is 17.8 Å². The number of nitrogens with one attached hydrogen (secondary N) is 2. The average molecular weight is 390 g/mol. The Kier molecular flexibility index (Phi) is 10.9. The quantitative estimate of drug-likeness (QED) is 0.346. The van der Waals surface area contributed by atoms with Crippen molar-refractivity contribution in [2.45, 2.75) is 39.3 Å². The molecular weight excluding hydrogens is 350 g/mol. The Balaban J connectivity index is 1.63. The highest BCUT2D eigenvalue weighted by Gasteiger charge is 2.13. The molecule has 0 bridgehead atoms. The van der Waals surface area contributed by atoms with E-state index in [2.05, 4.69) is 63.7 Å². The first-order valence-electron chi connectivity index (χ1n) is 10.7. The Bertz CT molecular complexity index is 553. The van der Waals surface area contributed by atoms with Crippen molar-refractivity contribution in [2.75, 3.05) is 60.0 Å². The van der Waals surface area contributed by atoms with Crippen LogP contribution in [0.15, 0.2) is 29.3 Å². The van der Waals surface area contributed by atoms with Gasteiger partial charge in [-0.3, -0.25) is 9.89 Å². The van der Waals surface area contributed by atoms with Crippen LogP contribution in [0.25, 0.3) is 0 Å². The molecule has 1 aliphatic rings. The fourth-order valence-electron chi connectivity index (χ4n) is 3.16. The van der Waals surface area contributed by atoms with Gasteiger partial charge in [0.2, 0.25) is 0 Å². The molecule has 1 heterocycles. The highest BCUT2D eigenvalue weighted by Crippen LogP contribution is 2.09. The molecule has 0 saturated carbocycles. The fraction of sp³-hybridized carbons (Fsp3) is 0.682. The van der Waals surface area contributed by atoms with Crippen LogP contribution in [0.3, 0.4) is 0 Å². The Morgan fingerprint density at radius 2 is 1.68 bits per heavy atom. The predicted octanol–water partition coefficient (Wildman–Crippen LogP) is 2.31. The number of hydrogen-bond donors (Lipinski definition) is 2. The third-order valence-electron chi connectivity index (χ3n) is 5.11. The molecule has 1 fully saturated rings. The molecule has 6 nitrogen and oxygen atoms in total. The molecule has 0 radical (unpaired) electrons. The smallest absolute Gasteiger partial charge is 0.191 e. The van der Waals surface area contributed by atoms with Crippen molar-refractivity contribution < 1.29 is 4.74 Å². The Labute approximate surface area is 171 Å². The molecule has 0 aromatic heterocycles. The van der Waals surface area contributed by atoms with Crippen molar-refractivity contribution in [1.82, 2.24) is 20.4 Å². The summed E-state index contributed by atoms with van der Waals surface area (Å²) in [6, 6.07) is 8.93. The van der Waals surface area contributed by atoms with E-state index in [1.807, 2.05) is 7.05 Å². The molecule has 0 unspecified atom stereocenters. The van der Waals surface area contributed by atoms with Gasteiger partial charge in [0.1, 0.15) is 0 Å². The maximum atomic E-state index is 5.58. The van der Waals surface area contributed by atoms with E-state index in [9.17, 15) is 0 Å². The lowest BCUT2D eigenvalue weighted by atomic mass is 10.1. The number of piperazine rings is 1. The number of ether oxygens (including phenoxy) is 1. The third kappa shape index (κ3) is 9.04. The van der Waals surface area contributed by atoms with Crippen LogP contribution in [0.2, 0.25) is 0 Å². The number of aliphatic imine (C=N–C) groups is 1. The second-order valence-electron chi connectivity index (χ2n) is 7.57. The molecule has 0 atom stereocenters. The van der Waals surface area contributed by atoms with Crippen LogP contribution in [0.5, 0.6) is 0 Å². The summed E-state index contributed by atoms with van der Waals surface area (Å²) >= 11 is 0. The molecule has 0 amide bonds. The molecule has 1 aromatic rings. The zero-order valence-corrected chi connectivity index (χ0v) is 18.0. The average Bonchev–Trinajstić information content (AvgIpc) is 2.72. The third-order valence-corrected chi connectivity index (χ3v) is 5.11. The zero-order valence-electron chi connectivity index (χ0n) is 18.0. The lowest BCUT2D eigenvalue weighted by Crippen LogP contribution is -2.43. The molecule has 2 rings (SSSR count). The van der Waals surface area contributed by atoms with E-state index in [-0.39, 0.29) is 0 Å². The fourth-order valence-corrected chi connectivity index (χ4v) is 3.16. The number of nitrogens with zero attached hydrogens (tertiary/aromatic N) is 3. The lowest BCUT2D eigenvalue weighted by Gasteiger charge is -2.32. The number of likely N-dealkylation sites (N-methyl/N-ethyl adjacent to an activating group) is 1. The van der Waals surface area contributed by atoms with Gasteiger partial charge in [0, 0.05) is 66.1 Å². The monoisotopic (exact) mass is 389 g/mol. The van der Waals surface area contributed by atoms with Crippen molar-refractivity contribution in [2.24, 2.45) is 4.99 Å². The minimum Gasteiger partial charge on any atom is -0.381 e. The maximum absolute atomic E-state index is 5.58. The molecule has 1 aliphatic heterocycles. The van der Waals surface area contributed by atoms with Crippen molar-refractivity contribution >= 4 is 5.96 Å². The normalized spacial score (nSPS) is 16.3. The molecule has 0 spiro atoms. The van der Waals surface area contributed by atoms with E-state index >= 15 is 0 Å². The lowest BCUT2D eigenvalue weighted by molar-refractivity contribution is 0.129. The van der Waals surface area contributed by atoms with Gasteiger partial charge >= 0.3 is 0 Å². The molecule has 0 aliphatic carbocycles. The molecule has 158 valence electrons. The summed E-state index contributed by atoms with van der Waals surface area (Å²) in [5.41, 5.74) is 2.66. The van der Waals surface area contributed by atoms with Gasteiger partial charge in [-0.2, -0.15) is 0 Å². The highest BCUT2D eigenvalue weighted by molar-refractivity contribution is 5.79. The van der Waals surface area contributed by atoms with E-state index in [1.165, 1.54) is 30.6 Å². The topological polar surface area (TPSA) is 52.1 Å². The first kappa shape index (κ1) is 22.7. The van der Waals surface area contributed by atoms with Gasteiger partial charge in [-0.25, -0.2) is 0 Å². The number of benzene rings is 1. The second-order valence-corrected chi connectivity index (χ2v) is 7.57. The van der Waals surface area contributed by atoms with Gasteiger partial charge in [0.05, 0.1) is 0 Å². The summed E-state index contributed by atoms with van der Waals surface area (Å²) < 4.78 is 5.58. The summed E-state index contributed by atoms with van der Waals surface area (Å²) in [5, 5.41) is 6.73. The summed E-state index contributed by atoms with van der Waals surface area (Å²) in [6.45, 7) is 11.2. The largest absolute Gasteiger partial charge is 0.381 e. The van der Waals surface area contributed by atoms with Crippen molar-refractivity contribution in [3.8, 4) is 0 Å². The predicted molar refractivity (Wildman–Crippen MR) is 118 cm³/mol. The van der Waals surface area contributed by atoms with Crippen molar-refractivity contribution in [3.63, 3.8) is 0 Å². The first-order chi connectivity index (χ1) is 13.7. The van der Waals surface area contributed by atoms with Crippen LogP contribution in [0.1, 0.15) is 37.3 Å². The molecular formula is C22H39N5O. The Morgan fingerprint density at radius 1 is 1.00 bits per heavy atom. The summed E-state index contributed by atoms with van der Waals surface area (Å²) in [6.07, 6.45) is 3.32. The minimum absolute atomic E-state index is 0.779. The van der Waals surface area contributed by atoms with E-state index in [0.717, 1.165) is 64.7 Å². The van der Waals surface area contributed by atoms with E-state index < -0.39 is 0 Å². The van der Waals surface area contributed by atoms with Crippen molar-refractivity contribution in [3.05, 3.63) is 35.4 Å². The SMILES string of the molecule is CCCCOCCCNC(=NC)NCc1ccc(CN2CCN(C)CC2)cc1. The summed E-state index contributed by atoms with van der Waals surface area (Å²) in [4.78, 5) is 9.22. The van der Waals surface area contributed by atoms with Gasteiger partial charge in [0.25, 0.3) is 0 Å². The molecule has 28 heavy (non-hydrogen) atoms. The van der Waals surface area contributed by atoms with Crippen LogP contribution in [-0.4, -0.2) is 75.8 Å². The Hall–Kier alpha value is -1.63. The maximum Gasteiger partial charge on any atom is 0.191 e. The standard InChI is InChI=1S/C22H39N5O/c1-4-5-16-28-17-6-11-24-22(23-2)25-18-20-7-9-21(10-8-20)19-27-14-12-26(3)13-15-27/h7-10H,4-6,11-19H2,1-3H3,(H2,23,24,25). The van der Waals surface area contributed by atoms with Crippen molar-refractivity contribution in [1.29, 1.82) is 0 Å². The number of unbranched alkanes of at least 4 members (excludes halogenated alkanes) is 1. The highest BCUT2D eigenvalue weighted by atomic mass is 16.5. The van der Waals surface area contributed by atoms with Gasteiger partial charge in [-0.05, 0) is 31.0 Å². The number of hydrogen-bond acceptors (Lipinski definition) is 4. The molecule has 2 N–H and O–H groups in total. The number of rotatable bonds is 11. The van der Waals surface area contributed by atoms with Crippen LogP contribution in [0, 0.1) is 0 Å². The van der Waals surface area contributed by atoms with Gasteiger partial charge in [0.15, 0.2) is 5.96 Å². The van der Waals surface area contributed by atoms with Crippen LogP contribution in [0.4, 0.5) is 0 Å². The van der Waals surface area contributed by atoms with E-state index in [0.29, 0.717) is 0 Å². The molecule has 6 heteroatoms. The number of guanidine groups is 1. The second kappa shape index (κ2) is 13.5. The first-order valence-corrected chi connectivity index (χ1v) is 10.7. The van der Waals surface area contributed by atoms with Crippen LogP contribution >= 0.6 is 0 Å². The van der Waals surface area contributed by atoms with E-state index in [4.69, 9.17) is 4.74 Å². The molecule has 1 aromatic carbocycles. The molecule has 1 saturated heterocycles. The van der Waals surface area contributed by atoms with Gasteiger partial charge in [-0.1, -0.05) is 37.6 Å².